The summed E-state index contributed by atoms with van der Waals surface area (Å²) in [6.07, 6.45) is 0. The summed E-state index contributed by atoms with van der Waals surface area (Å²) in [7, 11) is 1.88. The predicted molar refractivity (Wildman–Crippen MR) is 56.4 cm³/mol. The molecule has 1 aromatic carbocycles. The first-order chi connectivity index (χ1) is 6.25. The molecule has 1 aromatic rings. The maximum Gasteiger partial charge on any atom is 0.0577 e. The molecule has 68 valence electrons. The Morgan fingerprint density at radius 1 is 1.46 bits per heavy atom. The number of nitrogens with one attached hydrogen (secondary N) is 1. The van der Waals surface area contributed by atoms with E-state index in [-0.39, 0.29) is 0 Å². The predicted octanol–water partition coefficient (Wildman–Crippen LogP) is 1.15. The second kappa shape index (κ2) is 4.54. The molecule has 0 saturated heterocycles. The highest BCUT2D eigenvalue weighted by atomic mass is 14.8. The standard InChI is InChI=1S/C11H14N2/c1-9-10(6-4-8-13-2)5-3-7-11(9)12/h3,5,7,13H,8,12H2,1-2H3. The first-order valence-corrected chi connectivity index (χ1v) is 4.24. The molecule has 0 aliphatic carbocycles. The number of rotatable bonds is 1. The molecular formula is C11H14N2. The summed E-state index contributed by atoms with van der Waals surface area (Å²) < 4.78 is 0. The number of hydrogen-bond donors (Lipinski definition) is 2. The smallest absolute Gasteiger partial charge is 0.0577 e. The molecule has 0 aromatic heterocycles. The van der Waals surface area contributed by atoms with Gasteiger partial charge in [0, 0.05) is 11.3 Å². The highest BCUT2D eigenvalue weighted by Gasteiger charge is 1.96. The van der Waals surface area contributed by atoms with Gasteiger partial charge in [-0.15, -0.1) is 0 Å². The zero-order valence-electron chi connectivity index (χ0n) is 8.02. The minimum Gasteiger partial charge on any atom is -0.398 e. The van der Waals surface area contributed by atoms with Gasteiger partial charge in [-0.3, -0.25) is 0 Å². The number of benzene rings is 1. The van der Waals surface area contributed by atoms with Crippen molar-refractivity contribution in [2.24, 2.45) is 0 Å². The summed E-state index contributed by atoms with van der Waals surface area (Å²) in [6.45, 7) is 2.69. The number of anilines is 1. The molecule has 0 fully saturated rings. The van der Waals surface area contributed by atoms with Crippen molar-refractivity contribution < 1.29 is 0 Å². The summed E-state index contributed by atoms with van der Waals surface area (Å²) >= 11 is 0. The summed E-state index contributed by atoms with van der Waals surface area (Å²) in [5, 5.41) is 2.97. The third-order valence-electron chi connectivity index (χ3n) is 1.86. The van der Waals surface area contributed by atoms with E-state index in [1.54, 1.807) is 0 Å². The van der Waals surface area contributed by atoms with E-state index in [2.05, 4.69) is 17.2 Å². The molecule has 3 N–H and O–H groups in total. The lowest BCUT2D eigenvalue weighted by atomic mass is 10.1. The molecule has 13 heavy (non-hydrogen) atoms. The van der Waals surface area contributed by atoms with Crippen molar-refractivity contribution >= 4 is 5.69 Å². The van der Waals surface area contributed by atoms with Gasteiger partial charge in [0.05, 0.1) is 6.54 Å². The molecule has 0 radical (unpaired) electrons. The summed E-state index contributed by atoms with van der Waals surface area (Å²) in [5.41, 5.74) is 8.61. The third-order valence-corrected chi connectivity index (χ3v) is 1.86. The average molecular weight is 174 g/mol. The van der Waals surface area contributed by atoms with E-state index in [4.69, 9.17) is 5.73 Å². The van der Waals surface area contributed by atoms with Crippen LogP contribution in [0.2, 0.25) is 0 Å². The molecule has 0 bridgehead atoms. The Morgan fingerprint density at radius 3 is 2.92 bits per heavy atom. The van der Waals surface area contributed by atoms with Crippen LogP contribution in [0.1, 0.15) is 11.1 Å². The van der Waals surface area contributed by atoms with Crippen molar-refractivity contribution in [3.63, 3.8) is 0 Å². The second-order valence-electron chi connectivity index (χ2n) is 2.85. The van der Waals surface area contributed by atoms with Crippen LogP contribution in [0, 0.1) is 18.8 Å². The van der Waals surface area contributed by atoms with Gasteiger partial charge in [0.15, 0.2) is 0 Å². The highest BCUT2D eigenvalue weighted by Crippen LogP contribution is 2.13. The molecule has 0 saturated carbocycles. The Balaban J connectivity index is 2.91. The van der Waals surface area contributed by atoms with Crippen LogP contribution < -0.4 is 11.1 Å². The summed E-state index contributed by atoms with van der Waals surface area (Å²) in [4.78, 5) is 0. The van der Waals surface area contributed by atoms with E-state index in [0.717, 1.165) is 16.8 Å². The number of nitrogens with two attached hydrogens (primary N) is 1. The molecule has 2 heteroatoms. The number of nitrogen functional groups attached to an aromatic ring is 1. The molecular weight excluding hydrogens is 160 g/mol. The fourth-order valence-electron chi connectivity index (χ4n) is 1.02. The van der Waals surface area contributed by atoms with Crippen molar-refractivity contribution in [1.82, 2.24) is 5.32 Å². The topological polar surface area (TPSA) is 38.0 Å². The lowest BCUT2D eigenvalue weighted by molar-refractivity contribution is 0.938. The molecule has 0 aliphatic rings. The number of hydrogen-bond acceptors (Lipinski definition) is 2. The zero-order valence-corrected chi connectivity index (χ0v) is 8.02. The lowest BCUT2D eigenvalue weighted by Crippen LogP contribution is -2.04. The Hall–Kier alpha value is -1.46. The van der Waals surface area contributed by atoms with Gasteiger partial charge in [-0.2, -0.15) is 0 Å². The van der Waals surface area contributed by atoms with E-state index in [1.807, 2.05) is 32.2 Å². The zero-order chi connectivity index (χ0) is 9.68. The second-order valence-corrected chi connectivity index (χ2v) is 2.85. The molecule has 0 spiro atoms. The maximum atomic E-state index is 5.74. The average Bonchev–Trinajstić information content (AvgIpc) is 2.13. The van der Waals surface area contributed by atoms with Gasteiger partial charge in [-0.05, 0) is 31.7 Å². The monoisotopic (exact) mass is 174 g/mol. The van der Waals surface area contributed by atoms with E-state index < -0.39 is 0 Å². The van der Waals surface area contributed by atoms with E-state index >= 15 is 0 Å². The summed E-state index contributed by atoms with van der Waals surface area (Å²) in [6, 6.07) is 5.79. The largest absolute Gasteiger partial charge is 0.398 e. The van der Waals surface area contributed by atoms with Gasteiger partial charge in [-0.1, -0.05) is 17.9 Å². The lowest BCUT2D eigenvalue weighted by Gasteiger charge is -2.00. The van der Waals surface area contributed by atoms with Crippen LogP contribution in [-0.2, 0) is 0 Å². The van der Waals surface area contributed by atoms with Crippen molar-refractivity contribution in [3.8, 4) is 11.8 Å². The van der Waals surface area contributed by atoms with E-state index in [1.165, 1.54) is 0 Å². The summed E-state index contributed by atoms with van der Waals surface area (Å²) in [5.74, 6) is 6.06. The maximum absolute atomic E-state index is 5.74. The van der Waals surface area contributed by atoms with Crippen molar-refractivity contribution in [2.75, 3.05) is 19.3 Å². The molecule has 0 amide bonds. The van der Waals surface area contributed by atoms with Gasteiger partial charge in [0.2, 0.25) is 0 Å². The normalized spacial score (nSPS) is 9.08. The molecule has 0 atom stereocenters. The molecule has 0 unspecified atom stereocenters. The van der Waals surface area contributed by atoms with Crippen LogP contribution in [0.15, 0.2) is 18.2 Å². The molecule has 0 heterocycles. The van der Waals surface area contributed by atoms with E-state index in [9.17, 15) is 0 Å². The van der Waals surface area contributed by atoms with Crippen molar-refractivity contribution in [3.05, 3.63) is 29.3 Å². The molecule has 1 rings (SSSR count). The third kappa shape index (κ3) is 2.50. The molecule has 0 aliphatic heterocycles. The van der Waals surface area contributed by atoms with Crippen LogP contribution in [0.25, 0.3) is 0 Å². The SMILES string of the molecule is CNCC#Cc1cccc(N)c1C. The molecule has 2 nitrogen and oxygen atoms in total. The van der Waals surface area contributed by atoms with Gasteiger partial charge >= 0.3 is 0 Å². The van der Waals surface area contributed by atoms with Crippen LogP contribution in [0.5, 0.6) is 0 Å². The fraction of sp³-hybridized carbons (Fsp3) is 0.273. The van der Waals surface area contributed by atoms with Crippen LogP contribution in [0.4, 0.5) is 5.69 Å². The van der Waals surface area contributed by atoms with Gasteiger partial charge < -0.3 is 11.1 Å². The highest BCUT2D eigenvalue weighted by molar-refractivity contribution is 5.55. The first-order valence-electron chi connectivity index (χ1n) is 4.24. The van der Waals surface area contributed by atoms with Crippen LogP contribution in [0.3, 0.4) is 0 Å². The minimum atomic E-state index is 0.703. The quantitative estimate of drug-likeness (QED) is 0.495. The Bertz CT molecular complexity index is 345. The first kappa shape index (κ1) is 9.63. The van der Waals surface area contributed by atoms with Gasteiger partial charge in [-0.25, -0.2) is 0 Å². The minimum absolute atomic E-state index is 0.703. The van der Waals surface area contributed by atoms with Crippen molar-refractivity contribution in [1.29, 1.82) is 0 Å². The Morgan fingerprint density at radius 2 is 2.23 bits per heavy atom. The Labute approximate surface area is 79.1 Å². The van der Waals surface area contributed by atoms with Crippen LogP contribution in [-0.4, -0.2) is 13.6 Å². The van der Waals surface area contributed by atoms with E-state index in [0.29, 0.717) is 6.54 Å². The van der Waals surface area contributed by atoms with Crippen LogP contribution >= 0.6 is 0 Å². The van der Waals surface area contributed by atoms with Crippen molar-refractivity contribution in [2.45, 2.75) is 6.92 Å². The Kier molecular flexibility index (Phi) is 3.36. The van der Waals surface area contributed by atoms with Gasteiger partial charge in [0.25, 0.3) is 0 Å². The van der Waals surface area contributed by atoms with Gasteiger partial charge in [0.1, 0.15) is 0 Å². The fourth-order valence-corrected chi connectivity index (χ4v) is 1.02.